The Hall–Kier alpha value is -2.04. The van der Waals surface area contributed by atoms with E-state index in [4.69, 9.17) is 4.74 Å². The molecule has 0 aliphatic carbocycles. The van der Waals surface area contributed by atoms with Crippen LogP contribution in [-0.4, -0.2) is 24.3 Å². The van der Waals surface area contributed by atoms with Gasteiger partial charge >= 0.3 is 0 Å². The van der Waals surface area contributed by atoms with Crippen LogP contribution in [0.4, 0.5) is 0 Å². The largest absolute Gasteiger partial charge is 0.504 e. The molecule has 2 N–H and O–H groups in total. The molecule has 116 valence electrons. The fourth-order valence-corrected chi connectivity index (χ4v) is 1.91. The Labute approximate surface area is 126 Å². The number of amides is 1. The van der Waals surface area contributed by atoms with E-state index < -0.39 is 0 Å². The Morgan fingerprint density at radius 1 is 1.33 bits per heavy atom. The molecule has 0 aromatic heterocycles. The number of phenols is 1. The van der Waals surface area contributed by atoms with Gasteiger partial charge in [0.1, 0.15) is 0 Å². The number of methoxy groups -OCH3 is 1. The third-order valence-corrected chi connectivity index (χ3v) is 3.11. The van der Waals surface area contributed by atoms with E-state index in [1.807, 2.05) is 0 Å². The number of hydrazone groups is 1. The molecule has 5 nitrogen and oxygen atoms in total. The maximum Gasteiger partial charge on any atom is 0.240 e. The molecule has 0 spiro atoms. The normalized spacial score (nSPS) is 10.8. The van der Waals surface area contributed by atoms with Crippen LogP contribution >= 0.6 is 0 Å². The lowest BCUT2D eigenvalue weighted by molar-refractivity contribution is -0.121. The van der Waals surface area contributed by atoms with Crippen LogP contribution in [0.1, 0.15) is 51.0 Å². The molecule has 1 aromatic carbocycles. The van der Waals surface area contributed by atoms with Gasteiger partial charge in [0.15, 0.2) is 11.5 Å². The van der Waals surface area contributed by atoms with Gasteiger partial charge in [0.05, 0.1) is 13.3 Å². The number of nitrogens with one attached hydrogen (secondary N) is 1. The predicted molar refractivity (Wildman–Crippen MR) is 83.8 cm³/mol. The van der Waals surface area contributed by atoms with Crippen LogP contribution in [0.5, 0.6) is 11.5 Å². The molecule has 0 atom stereocenters. The van der Waals surface area contributed by atoms with Gasteiger partial charge in [0.2, 0.25) is 5.91 Å². The van der Waals surface area contributed by atoms with Crippen molar-refractivity contribution in [3.63, 3.8) is 0 Å². The van der Waals surface area contributed by atoms with Crippen molar-refractivity contribution in [3.8, 4) is 11.5 Å². The molecule has 0 unspecified atom stereocenters. The standard InChI is InChI=1S/C16H24N2O3/c1-3-4-5-6-7-8-16(20)18-17-12-13-9-10-15(21-2)14(19)11-13/h9-12,19H,3-8H2,1-2H3,(H,18,20)/b17-12+. The van der Waals surface area contributed by atoms with Crippen molar-refractivity contribution in [2.24, 2.45) is 5.10 Å². The average molecular weight is 292 g/mol. The molecule has 0 aliphatic heterocycles. The number of phenolic OH excluding ortho intramolecular Hbond substituents is 1. The summed E-state index contributed by atoms with van der Waals surface area (Å²) in [6.07, 6.45) is 7.56. The average Bonchev–Trinajstić information content (AvgIpc) is 2.47. The van der Waals surface area contributed by atoms with Crippen molar-refractivity contribution >= 4 is 12.1 Å². The quantitative estimate of drug-likeness (QED) is 0.417. The second-order valence-corrected chi connectivity index (χ2v) is 4.89. The van der Waals surface area contributed by atoms with E-state index in [9.17, 15) is 9.90 Å². The van der Waals surface area contributed by atoms with Crippen molar-refractivity contribution in [2.45, 2.75) is 45.4 Å². The van der Waals surface area contributed by atoms with Crippen LogP contribution in [0.15, 0.2) is 23.3 Å². The summed E-state index contributed by atoms with van der Waals surface area (Å²) in [6, 6.07) is 4.92. The number of hydrogen-bond donors (Lipinski definition) is 2. The first-order chi connectivity index (χ1) is 10.2. The van der Waals surface area contributed by atoms with Gasteiger partial charge in [0.25, 0.3) is 0 Å². The molecule has 1 aromatic rings. The molecule has 0 saturated heterocycles. The molecule has 0 saturated carbocycles. The number of aromatic hydroxyl groups is 1. The topological polar surface area (TPSA) is 70.9 Å². The van der Waals surface area contributed by atoms with Crippen molar-refractivity contribution in [2.75, 3.05) is 7.11 Å². The van der Waals surface area contributed by atoms with E-state index in [0.29, 0.717) is 17.7 Å². The van der Waals surface area contributed by atoms with Gasteiger partial charge < -0.3 is 9.84 Å². The Morgan fingerprint density at radius 3 is 2.76 bits per heavy atom. The van der Waals surface area contributed by atoms with Gasteiger partial charge in [-0.3, -0.25) is 4.79 Å². The first-order valence-corrected chi connectivity index (χ1v) is 7.36. The zero-order valence-electron chi connectivity index (χ0n) is 12.8. The minimum absolute atomic E-state index is 0.0451. The summed E-state index contributed by atoms with van der Waals surface area (Å²) in [7, 11) is 1.49. The molecule has 21 heavy (non-hydrogen) atoms. The minimum Gasteiger partial charge on any atom is -0.504 e. The number of nitrogens with zero attached hydrogens (tertiary/aromatic N) is 1. The maximum atomic E-state index is 11.5. The third-order valence-electron chi connectivity index (χ3n) is 3.11. The van der Waals surface area contributed by atoms with E-state index in [2.05, 4.69) is 17.5 Å². The highest BCUT2D eigenvalue weighted by Gasteiger charge is 2.01. The van der Waals surface area contributed by atoms with Crippen LogP contribution in [0.25, 0.3) is 0 Å². The second-order valence-electron chi connectivity index (χ2n) is 4.89. The van der Waals surface area contributed by atoms with Crippen LogP contribution in [0.3, 0.4) is 0 Å². The molecule has 1 rings (SSSR count). The molecule has 0 fully saturated rings. The van der Waals surface area contributed by atoms with Gasteiger partial charge in [-0.1, -0.05) is 32.6 Å². The van der Waals surface area contributed by atoms with E-state index in [-0.39, 0.29) is 11.7 Å². The van der Waals surface area contributed by atoms with Gasteiger partial charge in [0, 0.05) is 6.42 Å². The molecule has 0 bridgehead atoms. The van der Waals surface area contributed by atoms with E-state index in [1.54, 1.807) is 12.1 Å². The number of carbonyl (C=O) groups is 1. The van der Waals surface area contributed by atoms with Gasteiger partial charge in [-0.25, -0.2) is 5.43 Å². The summed E-state index contributed by atoms with van der Waals surface area (Å²) < 4.78 is 4.95. The predicted octanol–water partition coefficient (Wildman–Crippen LogP) is 3.21. The highest BCUT2D eigenvalue weighted by molar-refractivity contribution is 5.83. The molecular formula is C16H24N2O3. The fraction of sp³-hybridized carbons (Fsp3) is 0.500. The summed E-state index contributed by atoms with van der Waals surface area (Å²) in [5.41, 5.74) is 3.18. The lowest BCUT2D eigenvalue weighted by Crippen LogP contribution is -2.16. The third kappa shape index (κ3) is 6.79. The highest BCUT2D eigenvalue weighted by atomic mass is 16.5. The highest BCUT2D eigenvalue weighted by Crippen LogP contribution is 2.25. The summed E-state index contributed by atoms with van der Waals surface area (Å²) >= 11 is 0. The number of carbonyl (C=O) groups excluding carboxylic acids is 1. The maximum absolute atomic E-state index is 11.5. The second kappa shape index (κ2) is 9.80. The van der Waals surface area contributed by atoms with Crippen molar-refractivity contribution in [3.05, 3.63) is 23.8 Å². The lowest BCUT2D eigenvalue weighted by Gasteiger charge is -2.03. The number of hydrogen-bond acceptors (Lipinski definition) is 4. The van der Waals surface area contributed by atoms with Crippen molar-refractivity contribution in [1.29, 1.82) is 0 Å². The van der Waals surface area contributed by atoms with Crippen LogP contribution < -0.4 is 10.2 Å². The number of benzene rings is 1. The summed E-state index contributed by atoms with van der Waals surface area (Å²) in [5, 5.41) is 13.5. The minimum atomic E-state index is -0.0829. The fourth-order valence-electron chi connectivity index (χ4n) is 1.91. The molecule has 1 amide bonds. The number of unbranched alkanes of at least 4 members (excludes halogenated alkanes) is 4. The first kappa shape index (κ1) is 17.0. The van der Waals surface area contributed by atoms with Crippen LogP contribution in [0, 0.1) is 0 Å². The van der Waals surface area contributed by atoms with Gasteiger partial charge in [-0.05, 0) is 30.2 Å². The SMILES string of the molecule is CCCCCCCC(=O)N/N=C/c1ccc(OC)c(O)c1. The zero-order valence-corrected chi connectivity index (χ0v) is 12.8. The monoisotopic (exact) mass is 292 g/mol. The molecular weight excluding hydrogens is 268 g/mol. The Bertz CT molecular complexity index is 473. The summed E-state index contributed by atoms with van der Waals surface area (Å²) in [6.45, 7) is 2.17. The lowest BCUT2D eigenvalue weighted by atomic mass is 10.1. The molecule has 0 radical (unpaired) electrons. The van der Waals surface area contributed by atoms with Gasteiger partial charge in [-0.2, -0.15) is 5.10 Å². The van der Waals surface area contributed by atoms with Crippen molar-refractivity contribution in [1.82, 2.24) is 5.43 Å². The summed E-state index contributed by atoms with van der Waals surface area (Å²) in [4.78, 5) is 11.5. The van der Waals surface area contributed by atoms with Crippen LogP contribution in [-0.2, 0) is 4.79 Å². The summed E-state index contributed by atoms with van der Waals surface area (Å²) in [5.74, 6) is 0.368. The first-order valence-electron chi connectivity index (χ1n) is 7.36. The zero-order chi connectivity index (χ0) is 15.5. The number of rotatable bonds is 9. The van der Waals surface area contributed by atoms with E-state index in [0.717, 1.165) is 12.8 Å². The van der Waals surface area contributed by atoms with Gasteiger partial charge in [-0.15, -0.1) is 0 Å². The molecule has 5 heteroatoms. The Morgan fingerprint density at radius 2 is 2.10 bits per heavy atom. The van der Waals surface area contributed by atoms with E-state index in [1.165, 1.54) is 38.7 Å². The number of ether oxygens (including phenoxy) is 1. The van der Waals surface area contributed by atoms with Crippen LogP contribution in [0.2, 0.25) is 0 Å². The Kier molecular flexibility index (Phi) is 7.94. The van der Waals surface area contributed by atoms with E-state index >= 15 is 0 Å². The van der Waals surface area contributed by atoms with Crippen molar-refractivity contribution < 1.29 is 14.6 Å². The Balaban J connectivity index is 2.30. The smallest absolute Gasteiger partial charge is 0.240 e. The molecule has 0 heterocycles. The molecule has 0 aliphatic rings.